The fourth-order valence-corrected chi connectivity index (χ4v) is 4.05. The quantitative estimate of drug-likeness (QED) is 0.456. The van der Waals surface area contributed by atoms with Gasteiger partial charge >= 0.3 is 0 Å². The van der Waals surface area contributed by atoms with Gasteiger partial charge in [0.1, 0.15) is 17.1 Å². The normalized spacial score (nSPS) is 11.3. The number of ether oxygens (including phenoxy) is 1. The summed E-state index contributed by atoms with van der Waals surface area (Å²) in [6.45, 7) is 7.29. The van der Waals surface area contributed by atoms with Gasteiger partial charge in [0.15, 0.2) is 5.52 Å². The Hall–Kier alpha value is -3.00. The molecule has 0 aliphatic rings. The maximum atomic E-state index is 12.9. The van der Waals surface area contributed by atoms with Gasteiger partial charge in [0.05, 0.1) is 35.1 Å². The molecule has 0 fully saturated rings. The van der Waals surface area contributed by atoms with Crippen molar-refractivity contribution in [3.8, 4) is 17.1 Å². The molecule has 7 nitrogen and oxygen atoms in total. The molecule has 8 heteroatoms. The Morgan fingerprint density at radius 2 is 1.97 bits per heavy atom. The molecule has 0 saturated heterocycles. The van der Waals surface area contributed by atoms with E-state index in [2.05, 4.69) is 28.9 Å². The highest BCUT2D eigenvalue weighted by Crippen LogP contribution is 2.28. The monoisotopic (exact) mass is 423 g/mol. The van der Waals surface area contributed by atoms with Gasteiger partial charge in [0, 0.05) is 5.38 Å². The van der Waals surface area contributed by atoms with Crippen LogP contribution in [0.15, 0.2) is 34.4 Å². The van der Waals surface area contributed by atoms with Crippen LogP contribution in [0.4, 0.5) is 0 Å². The van der Waals surface area contributed by atoms with E-state index in [0.717, 1.165) is 41.2 Å². The van der Waals surface area contributed by atoms with Gasteiger partial charge in [-0.05, 0) is 31.9 Å². The van der Waals surface area contributed by atoms with E-state index < -0.39 is 0 Å². The van der Waals surface area contributed by atoms with Crippen LogP contribution < -0.4 is 10.3 Å². The zero-order valence-electron chi connectivity index (χ0n) is 17.4. The van der Waals surface area contributed by atoms with Crippen molar-refractivity contribution in [3.05, 3.63) is 56.4 Å². The van der Waals surface area contributed by atoms with E-state index in [1.165, 1.54) is 0 Å². The van der Waals surface area contributed by atoms with E-state index in [0.29, 0.717) is 35.8 Å². The molecule has 4 aromatic rings. The first-order chi connectivity index (χ1) is 14.6. The third-order valence-corrected chi connectivity index (χ3v) is 5.59. The number of benzene rings is 1. The van der Waals surface area contributed by atoms with E-state index >= 15 is 0 Å². The lowest BCUT2D eigenvalue weighted by atomic mass is 10.1. The number of H-pyrrole nitrogens is 1. The molecule has 0 saturated carbocycles. The van der Waals surface area contributed by atoms with E-state index in [9.17, 15) is 4.79 Å². The molecule has 0 aliphatic carbocycles. The number of aromatic amines is 1. The van der Waals surface area contributed by atoms with Crippen LogP contribution in [0.5, 0.6) is 5.75 Å². The molecular weight excluding hydrogens is 398 g/mol. The SMILES string of the molecule is CCCOc1ccccc1-c1nc2c(CCC)n(Cc3csc(C)n3)nc2c(=O)[nH]1. The van der Waals surface area contributed by atoms with Crippen molar-refractivity contribution >= 4 is 22.4 Å². The lowest BCUT2D eigenvalue weighted by Crippen LogP contribution is -2.10. The summed E-state index contributed by atoms with van der Waals surface area (Å²) in [6.07, 6.45) is 2.61. The molecule has 156 valence electrons. The third kappa shape index (κ3) is 4.00. The highest BCUT2D eigenvalue weighted by atomic mass is 32.1. The summed E-state index contributed by atoms with van der Waals surface area (Å²) in [5.74, 6) is 1.21. The maximum absolute atomic E-state index is 12.9. The van der Waals surface area contributed by atoms with Crippen molar-refractivity contribution in [2.45, 2.75) is 46.6 Å². The fourth-order valence-electron chi connectivity index (χ4n) is 3.44. The van der Waals surface area contributed by atoms with Crippen molar-refractivity contribution < 1.29 is 4.74 Å². The second-order valence-electron chi connectivity index (χ2n) is 7.17. The van der Waals surface area contributed by atoms with Gasteiger partial charge < -0.3 is 9.72 Å². The number of nitrogens with zero attached hydrogens (tertiary/aromatic N) is 4. The first kappa shape index (κ1) is 20.3. The standard InChI is InChI=1S/C22H25N5O2S/c1-4-8-17-19-20(26-27(17)12-15-13-30-14(3)23-15)22(28)25-21(24-19)16-9-6-7-10-18(16)29-11-5-2/h6-7,9-10,13H,4-5,8,11-12H2,1-3H3,(H,24,25,28). The number of aryl methyl sites for hydroxylation is 2. The van der Waals surface area contributed by atoms with Gasteiger partial charge in [-0.25, -0.2) is 9.97 Å². The number of fused-ring (bicyclic) bond motifs is 1. The number of rotatable bonds is 8. The van der Waals surface area contributed by atoms with Gasteiger partial charge in [-0.3, -0.25) is 9.48 Å². The lowest BCUT2D eigenvalue weighted by molar-refractivity contribution is 0.318. The molecule has 0 aliphatic heterocycles. The Morgan fingerprint density at radius 3 is 2.70 bits per heavy atom. The minimum absolute atomic E-state index is 0.245. The van der Waals surface area contributed by atoms with Crippen molar-refractivity contribution in [2.24, 2.45) is 0 Å². The van der Waals surface area contributed by atoms with Crippen molar-refractivity contribution in [1.29, 1.82) is 0 Å². The molecule has 0 amide bonds. The van der Waals surface area contributed by atoms with E-state index in [-0.39, 0.29) is 5.56 Å². The fraction of sp³-hybridized carbons (Fsp3) is 0.364. The number of hydrogen-bond donors (Lipinski definition) is 1. The number of thiazole rings is 1. The smallest absolute Gasteiger partial charge is 0.279 e. The highest BCUT2D eigenvalue weighted by molar-refractivity contribution is 7.09. The molecule has 0 bridgehead atoms. The van der Waals surface area contributed by atoms with E-state index in [1.807, 2.05) is 41.3 Å². The predicted molar refractivity (Wildman–Crippen MR) is 119 cm³/mol. The first-order valence-electron chi connectivity index (χ1n) is 10.2. The van der Waals surface area contributed by atoms with Gasteiger partial charge in [0.2, 0.25) is 0 Å². The Bertz CT molecular complexity index is 1220. The van der Waals surface area contributed by atoms with Crippen molar-refractivity contribution in [2.75, 3.05) is 6.61 Å². The summed E-state index contributed by atoms with van der Waals surface area (Å²) in [5, 5.41) is 7.63. The summed E-state index contributed by atoms with van der Waals surface area (Å²) in [4.78, 5) is 25.2. The Kier molecular flexibility index (Phi) is 5.94. The molecule has 3 aromatic heterocycles. The minimum Gasteiger partial charge on any atom is -0.493 e. The average molecular weight is 424 g/mol. The number of para-hydroxylation sites is 1. The predicted octanol–water partition coefficient (Wildman–Crippen LogP) is 4.34. The Morgan fingerprint density at radius 1 is 1.13 bits per heavy atom. The lowest BCUT2D eigenvalue weighted by Gasteiger charge is -2.10. The van der Waals surface area contributed by atoms with Gasteiger partial charge in [0.25, 0.3) is 5.56 Å². The molecule has 1 aromatic carbocycles. The molecule has 0 unspecified atom stereocenters. The van der Waals surface area contributed by atoms with Gasteiger partial charge in [-0.2, -0.15) is 5.10 Å². The topological polar surface area (TPSA) is 85.7 Å². The molecule has 4 rings (SSSR count). The van der Waals surface area contributed by atoms with E-state index in [1.54, 1.807) is 11.3 Å². The molecule has 0 spiro atoms. The van der Waals surface area contributed by atoms with Gasteiger partial charge in [-0.1, -0.05) is 32.4 Å². The molecule has 1 N–H and O–H groups in total. The summed E-state index contributed by atoms with van der Waals surface area (Å²) in [6, 6.07) is 7.65. The van der Waals surface area contributed by atoms with Crippen LogP contribution in [-0.4, -0.2) is 31.3 Å². The second-order valence-corrected chi connectivity index (χ2v) is 8.23. The average Bonchev–Trinajstić information content (AvgIpc) is 3.31. The van der Waals surface area contributed by atoms with E-state index in [4.69, 9.17) is 9.72 Å². The van der Waals surface area contributed by atoms with Crippen LogP contribution in [0.2, 0.25) is 0 Å². The van der Waals surface area contributed by atoms with Crippen LogP contribution in [0.1, 0.15) is 43.1 Å². The maximum Gasteiger partial charge on any atom is 0.279 e. The summed E-state index contributed by atoms with van der Waals surface area (Å²) >= 11 is 1.61. The molecule has 0 radical (unpaired) electrons. The van der Waals surface area contributed by atoms with Crippen LogP contribution in [0, 0.1) is 6.92 Å². The van der Waals surface area contributed by atoms with Crippen LogP contribution in [-0.2, 0) is 13.0 Å². The zero-order valence-corrected chi connectivity index (χ0v) is 18.3. The summed E-state index contributed by atoms with van der Waals surface area (Å²) < 4.78 is 7.74. The molecule has 30 heavy (non-hydrogen) atoms. The largest absolute Gasteiger partial charge is 0.493 e. The second kappa shape index (κ2) is 8.79. The number of hydrogen-bond acceptors (Lipinski definition) is 6. The highest BCUT2D eigenvalue weighted by Gasteiger charge is 2.19. The first-order valence-corrected chi connectivity index (χ1v) is 11.1. The van der Waals surface area contributed by atoms with Crippen LogP contribution in [0.25, 0.3) is 22.4 Å². The van der Waals surface area contributed by atoms with Crippen molar-refractivity contribution in [3.63, 3.8) is 0 Å². The van der Waals surface area contributed by atoms with Crippen molar-refractivity contribution in [1.82, 2.24) is 24.7 Å². The van der Waals surface area contributed by atoms with Crippen LogP contribution in [0.3, 0.4) is 0 Å². The molecular formula is C22H25N5O2S. The summed E-state index contributed by atoms with van der Waals surface area (Å²) in [5.41, 5.74) is 3.44. The minimum atomic E-state index is -0.245. The van der Waals surface area contributed by atoms with Gasteiger partial charge in [-0.15, -0.1) is 11.3 Å². The number of aromatic nitrogens is 5. The Labute approximate surface area is 178 Å². The molecule has 0 atom stereocenters. The Balaban J connectivity index is 1.83. The molecule has 3 heterocycles. The number of nitrogens with one attached hydrogen (secondary N) is 1. The van der Waals surface area contributed by atoms with Crippen LogP contribution >= 0.6 is 11.3 Å². The third-order valence-electron chi connectivity index (χ3n) is 4.77. The zero-order chi connectivity index (χ0) is 21.1. The summed E-state index contributed by atoms with van der Waals surface area (Å²) in [7, 11) is 0.